The summed E-state index contributed by atoms with van der Waals surface area (Å²) in [6, 6.07) is 22.0. The van der Waals surface area contributed by atoms with E-state index in [2.05, 4.69) is 74.0 Å². The van der Waals surface area contributed by atoms with Gasteiger partial charge in [-0.1, -0.05) is 60.5 Å². The Hall–Kier alpha value is -1.11. The van der Waals surface area contributed by atoms with Crippen LogP contribution < -0.4 is 0 Å². The van der Waals surface area contributed by atoms with E-state index >= 15 is 0 Å². The summed E-state index contributed by atoms with van der Waals surface area (Å²) in [6.07, 6.45) is 2.37. The van der Waals surface area contributed by atoms with Gasteiger partial charge in [0.05, 0.1) is 0 Å². The number of benzene rings is 3. The SMILES string of the molecule is CC1[CH-]c2ccccc2-c2cc3ccccc3cc21.[Y]. The van der Waals surface area contributed by atoms with E-state index in [1.54, 1.807) is 0 Å². The predicted octanol–water partition coefficient (Wildman–Crippen LogP) is 5.17. The Bertz CT molecular complexity index is 774. The number of rotatable bonds is 0. The van der Waals surface area contributed by atoms with Crippen molar-refractivity contribution in [2.24, 2.45) is 0 Å². The van der Waals surface area contributed by atoms with Gasteiger partial charge in [-0.15, -0.1) is 17.7 Å². The zero-order valence-electron chi connectivity index (χ0n) is 11.5. The second kappa shape index (κ2) is 5.35. The third kappa shape index (κ3) is 2.12. The molecule has 3 aromatic carbocycles. The fourth-order valence-electron chi connectivity index (χ4n) is 3.11. The monoisotopic (exact) mass is 332 g/mol. The zero-order valence-corrected chi connectivity index (χ0v) is 14.3. The molecule has 0 saturated carbocycles. The molecule has 1 unspecified atom stereocenters. The van der Waals surface area contributed by atoms with E-state index in [1.807, 2.05) is 0 Å². The molecule has 0 nitrogen and oxygen atoms in total. The average molecular weight is 332 g/mol. The van der Waals surface area contributed by atoms with E-state index in [0.29, 0.717) is 5.92 Å². The van der Waals surface area contributed by atoms with E-state index in [4.69, 9.17) is 0 Å². The summed E-state index contributed by atoms with van der Waals surface area (Å²) in [5.41, 5.74) is 5.56. The maximum Gasteiger partial charge on any atom is 0 e. The largest absolute Gasteiger partial charge is 0.184 e. The maximum atomic E-state index is 2.37. The van der Waals surface area contributed by atoms with Crippen LogP contribution in [-0.2, 0) is 32.7 Å². The van der Waals surface area contributed by atoms with E-state index in [1.165, 1.54) is 33.0 Å². The number of hydrogen-bond donors (Lipinski definition) is 0. The third-order valence-electron chi connectivity index (χ3n) is 4.09. The first kappa shape index (κ1) is 13.9. The van der Waals surface area contributed by atoms with Gasteiger partial charge in [0.15, 0.2) is 0 Å². The van der Waals surface area contributed by atoms with Gasteiger partial charge in [-0.3, -0.25) is 0 Å². The first-order valence-electron chi connectivity index (χ1n) is 6.80. The Morgan fingerprint density at radius 1 is 0.800 bits per heavy atom. The van der Waals surface area contributed by atoms with Crippen LogP contribution in [0, 0.1) is 6.42 Å². The second-order valence-corrected chi connectivity index (χ2v) is 5.33. The fourth-order valence-corrected chi connectivity index (χ4v) is 3.11. The van der Waals surface area contributed by atoms with Crippen molar-refractivity contribution in [3.8, 4) is 11.1 Å². The molecule has 0 aromatic heterocycles. The average Bonchev–Trinajstić information content (AvgIpc) is 2.46. The minimum absolute atomic E-state index is 0. The minimum Gasteiger partial charge on any atom is -0.184 e. The molecule has 1 heteroatoms. The molecule has 1 radical (unpaired) electrons. The summed E-state index contributed by atoms with van der Waals surface area (Å²) in [5, 5.41) is 2.66. The van der Waals surface area contributed by atoms with Crippen LogP contribution in [0.25, 0.3) is 21.9 Å². The summed E-state index contributed by atoms with van der Waals surface area (Å²) < 4.78 is 0. The minimum atomic E-state index is 0. The second-order valence-electron chi connectivity index (χ2n) is 5.33. The molecule has 0 amide bonds. The van der Waals surface area contributed by atoms with Crippen LogP contribution in [0.2, 0.25) is 0 Å². The molecule has 0 bridgehead atoms. The quantitative estimate of drug-likeness (QED) is 0.498. The van der Waals surface area contributed by atoms with Crippen LogP contribution in [0.4, 0.5) is 0 Å². The van der Waals surface area contributed by atoms with Crippen molar-refractivity contribution < 1.29 is 32.7 Å². The van der Waals surface area contributed by atoms with Gasteiger partial charge in [-0.2, -0.15) is 18.1 Å². The Morgan fingerprint density at radius 3 is 2.25 bits per heavy atom. The predicted molar refractivity (Wildman–Crippen MR) is 81.2 cm³/mol. The maximum absolute atomic E-state index is 2.37. The number of fused-ring (bicyclic) bond motifs is 4. The van der Waals surface area contributed by atoms with Gasteiger partial charge in [-0.05, 0) is 16.7 Å². The Kier molecular flexibility index (Phi) is 3.71. The molecule has 4 rings (SSSR count). The first-order valence-corrected chi connectivity index (χ1v) is 6.80. The van der Waals surface area contributed by atoms with Crippen molar-refractivity contribution in [1.82, 2.24) is 0 Å². The molecule has 1 atom stereocenters. The first-order chi connectivity index (χ1) is 9.33. The summed E-state index contributed by atoms with van der Waals surface area (Å²) in [7, 11) is 0. The number of hydrogen-bond acceptors (Lipinski definition) is 0. The molecule has 0 spiro atoms. The van der Waals surface area contributed by atoms with Crippen molar-refractivity contribution >= 4 is 10.8 Å². The van der Waals surface area contributed by atoms with E-state index in [0.717, 1.165) is 0 Å². The molecule has 0 N–H and O–H groups in total. The summed E-state index contributed by atoms with van der Waals surface area (Å²) in [5.74, 6) is 0.481. The summed E-state index contributed by atoms with van der Waals surface area (Å²) in [4.78, 5) is 0. The molecule has 0 saturated heterocycles. The van der Waals surface area contributed by atoms with Gasteiger partial charge in [0.2, 0.25) is 0 Å². The molecule has 0 fully saturated rings. The Morgan fingerprint density at radius 2 is 1.45 bits per heavy atom. The standard InChI is InChI=1S/C19H15.Y/c1-13-10-16-8-4-5-9-17(16)19-12-15-7-3-2-6-14(15)11-18(13)19;/h2-13H,1H3;/q-1;. The summed E-state index contributed by atoms with van der Waals surface area (Å²) >= 11 is 0. The molecule has 1 aliphatic rings. The van der Waals surface area contributed by atoms with Gasteiger partial charge >= 0.3 is 0 Å². The van der Waals surface area contributed by atoms with Crippen LogP contribution >= 0.6 is 0 Å². The molecular weight excluding hydrogens is 317 g/mol. The van der Waals surface area contributed by atoms with Gasteiger partial charge in [-0.25, -0.2) is 0 Å². The van der Waals surface area contributed by atoms with E-state index in [9.17, 15) is 0 Å². The van der Waals surface area contributed by atoms with E-state index in [-0.39, 0.29) is 32.7 Å². The molecule has 95 valence electrons. The van der Waals surface area contributed by atoms with Crippen molar-refractivity contribution in [2.45, 2.75) is 12.8 Å². The van der Waals surface area contributed by atoms with Crippen molar-refractivity contribution in [3.63, 3.8) is 0 Å². The van der Waals surface area contributed by atoms with Crippen LogP contribution in [0.15, 0.2) is 60.7 Å². The van der Waals surface area contributed by atoms with Gasteiger partial charge in [0.25, 0.3) is 0 Å². The molecule has 0 aliphatic heterocycles. The van der Waals surface area contributed by atoms with Crippen LogP contribution in [0.1, 0.15) is 24.0 Å². The van der Waals surface area contributed by atoms with Gasteiger partial charge in [0, 0.05) is 32.7 Å². The molecular formula is C19H15Y-. The Balaban J connectivity index is 0.00000121. The fraction of sp³-hybridized carbons (Fsp3) is 0.105. The van der Waals surface area contributed by atoms with E-state index < -0.39 is 0 Å². The summed E-state index contributed by atoms with van der Waals surface area (Å²) in [6.45, 7) is 2.28. The van der Waals surface area contributed by atoms with Crippen molar-refractivity contribution in [2.75, 3.05) is 0 Å². The van der Waals surface area contributed by atoms with Crippen LogP contribution in [0.3, 0.4) is 0 Å². The third-order valence-corrected chi connectivity index (χ3v) is 4.09. The molecule has 0 heterocycles. The van der Waals surface area contributed by atoms with Crippen LogP contribution in [0.5, 0.6) is 0 Å². The smallest absolute Gasteiger partial charge is 0 e. The van der Waals surface area contributed by atoms with Crippen molar-refractivity contribution in [1.29, 1.82) is 0 Å². The van der Waals surface area contributed by atoms with Crippen LogP contribution in [-0.4, -0.2) is 0 Å². The molecule has 1 aliphatic carbocycles. The normalized spacial score (nSPS) is 15.8. The Labute approximate surface area is 145 Å². The molecule has 3 aromatic rings. The van der Waals surface area contributed by atoms with Gasteiger partial charge in [0.1, 0.15) is 0 Å². The zero-order chi connectivity index (χ0) is 12.8. The topological polar surface area (TPSA) is 0 Å². The van der Waals surface area contributed by atoms with Crippen molar-refractivity contribution in [3.05, 3.63) is 78.2 Å². The van der Waals surface area contributed by atoms with Gasteiger partial charge < -0.3 is 0 Å². The molecule has 20 heavy (non-hydrogen) atoms.